The highest BCUT2D eigenvalue weighted by atomic mass is 32.1. The molecule has 0 fully saturated rings. The minimum absolute atomic E-state index is 0.0730. The second-order valence-electron chi connectivity index (χ2n) is 9.47. The van der Waals surface area contributed by atoms with E-state index in [0.717, 1.165) is 58.5 Å². The lowest BCUT2D eigenvalue weighted by molar-refractivity contribution is 0.0955. The number of pyridine rings is 1. The first-order valence-corrected chi connectivity index (χ1v) is 13.9. The topological polar surface area (TPSA) is 86.8 Å². The molecule has 7 nitrogen and oxygen atoms in total. The van der Waals surface area contributed by atoms with Gasteiger partial charge < -0.3 is 14.8 Å². The highest BCUT2D eigenvalue weighted by Gasteiger charge is 2.15. The Bertz CT molecular complexity index is 1580. The highest BCUT2D eigenvalue weighted by molar-refractivity contribution is 7.20. The van der Waals surface area contributed by atoms with Crippen LogP contribution in [0.4, 0.5) is 5.69 Å². The summed E-state index contributed by atoms with van der Waals surface area (Å²) < 4.78 is 3.25. The molecule has 3 aromatic heterocycles. The molecule has 0 saturated heterocycles. The molecule has 0 radical (unpaired) electrons. The van der Waals surface area contributed by atoms with Crippen molar-refractivity contribution in [1.29, 1.82) is 5.26 Å². The molecule has 39 heavy (non-hydrogen) atoms. The standard InChI is InChI=1S/C31H30N6OS/c1-2-3-13-36(21-28-19-34-22-37(28)20-24-8-6-23(16-32)7-9-24)27-10-11-29-26(14-27)15-30(39-29)31(38)35-18-25-5-4-12-33-17-25/h4-12,14-15,17,19,22H,2-3,13,18,20-21H2,1H3,(H,35,38). The number of amides is 1. The average molecular weight is 535 g/mol. The Labute approximate surface area is 232 Å². The predicted octanol–water partition coefficient (Wildman–Crippen LogP) is 6.15. The van der Waals surface area contributed by atoms with E-state index in [1.807, 2.05) is 55.0 Å². The average Bonchev–Trinajstić information content (AvgIpc) is 3.61. The molecule has 0 bridgehead atoms. The Hall–Kier alpha value is -4.48. The first kappa shape index (κ1) is 26.1. The molecule has 8 heteroatoms. The minimum atomic E-state index is -0.0730. The third-order valence-corrected chi connectivity index (χ3v) is 7.75. The Morgan fingerprint density at radius 3 is 2.72 bits per heavy atom. The molecule has 0 aliphatic heterocycles. The molecule has 3 heterocycles. The molecule has 0 aliphatic carbocycles. The molecular weight excluding hydrogens is 504 g/mol. The normalized spacial score (nSPS) is 10.9. The Morgan fingerprint density at radius 2 is 1.95 bits per heavy atom. The number of nitrogens with zero attached hydrogens (tertiary/aromatic N) is 5. The molecule has 5 aromatic rings. The van der Waals surface area contributed by atoms with Crippen molar-refractivity contribution >= 4 is 33.0 Å². The van der Waals surface area contributed by atoms with Crippen LogP contribution in [-0.4, -0.2) is 27.0 Å². The maximum Gasteiger partial charge on any atom is 0.261 e. The van der Waals surface area contributed by atoms with Crippen LogP contribution in [0.25, 0.3) is 10.1 Å². The van der Waals surface area contributed by atoms with Crippen LogP contribution in [0.2, 0.25) is 0 Å². The predicted molar refractivity (Wildman–Crippen MR) is 156 cm³/mol. The molecule has 0 spiro atoms. The van der Waals surface area contributed by atoms with Crippen molar-refractivity contribution in [2.24, 2.45) is 0 Å². The van der Waals surface area contributed by atoms with E-state index >= 15 is 0 Å². The van der Waals surface area contributed by atoms with E-state index in [4.69, 9.17) is 5.26 Å². The van der Waals surface area contributed by atoms with Crippen molar-refractivity contribution in [3.63, 3.8) is 0 Å². The van der Waals surface area contributed by atoms with E-state index in [1.54, 1.807) is 12.4 Å². The van der Waals surface area contributed by atoms with Crippen molar-refractivity contribution in [1.82, 2.24) is 19.9 Å². The number of fused-ring (bicyclic) bond motifs is 1. The zero-order chi connectivity index (χ0) is 27.0. The Balaban J connectivity index is 1.32. The third kappa shape index (κ3) is 6.51. The SMILES string of the molecule is CCCCN(Cc1cncn1Cc1ccc(C#N)cc1)c1ccc2sc(C(=O)NCc3cccnc3)cc2c1. The highest BCUT2D eigenvalue weighted by Crippen LogP contribution is 2.30. The molecule has 1 amide bonds. The van der Waals surface area contributed by atoms with Gasteiger partial charge in [0.05, 0.1) is 35.1 Å². The van der Waals surface area contributed by atoms with E-state index in [0.29, 0.717) is 23.5 Å². The number of carbonyl (C=O) groups is 1. The van der Waals surface area contributed by atoms with E-state index in [9.17, 15) is 4.79 Å². The lowest BCUT2D eigenvalue weighted by atomic mass is 10.1. The summed E-state index contributed by atoms with van der Waals surface area (Å²) in [4.78, 5) is 24.4. The van der Waals surface area contributed by atoms with Gasteiger partial charge in [-0.3, -0.25) is 9.78 Å². The van der Waals surface area contributed by atoms with Crippen LogP contribution in [0.1, 0.15) is 51.8 Å². The van der Waals surface area contributed by atoms with Gasteiger partial charge in [0.15, 0.2) is 0 Å². The number of imidazole rings is 1. The molecule has 1 N–H and O–H groups in total. The Kier molecular flexibility index (Phi) is 8.29. The molecule has 196 valence electrons. The summed E-state index contributed by atoms with van der Waals surface area (Å²) in [5.74, 6) is -0.0730. The molecule has 0 unspecified atom stereocenters. The summed E-state index contributed by atoms with van der Waals surface area (Å²) in [6, 6.07) is 22.1. The van der Waals surface area contributed by atoms with Gasteiger partial charge in [-0.05, 0) is 65.4 Å². The van der Waals surface area contributed by atoms with Crippen molar-refractivity contribution < 1.29 is 4.79 Å². The number of hydrogen-bond acceptors (Lipinski definition) is 6. The van der Waals surface area contributed by atoms with Crippen molar-refractivity contribution in [3.05, 3.63) is 113 Å². The van der Waals surface area contributed by atoms with Gasteiger partial charge in [-0.1, -0.05) is 31.5 Å². The molecule has 0 aliphatic rings. The van der Waals surface area contributed by atoms with E-state index in [1.165, 1.54) is 11.3 Å². The number of benzene rings is 2. The number of unbranched alkanes of at least 4 members (excludes halogenated alkanes) is 1. The van der Waals surface area contributed by atoms with Crippen molar-refractivity contribution in [2.45, 2.75) is 39.4 Å². The van der Waals surface area contributed by atoms with Gasteiger partial charge in [0.25, 0.3) is 5.91 Å². The lowest BCUT2D eigenvalue weighted by Gasteiger charge is -2.25. The largest absolute Gasteiger partial charge is 0.366 e. The summed E-state index contributed by atoms with van der Waals surface area (Å²) in [6.07, 6.45) is 9.46. The van der Waals surface area contributed by atoms with Gasteiger partial charge >= 0.3 is 0 Å². The van der Waals surface area contributed by atoms with Crippen LogP contribution >= 0.6 is 11.3 Å². The Morgan fingerprint density at radius 1 is 1.08 bits per heavy atom. The van der Waals surface area contributed by atoms with E-state index in [2.05, 4.69) is 55.9 Å². The smallest absolute Gasteiger partial charge is 0.261 e. The maximum atomic E-state index is 12.8. The fourth-order valence-electron chi connectivity index (χ4n) is 4.46. The number of carbonyl (C=O) groups excluding carboxylic acids is 1. The number of nitrogens with one attached hydrogen (secondary N) is 1. The van der Waals surface area contributed by atoms with Gasteiger partial charge in [-0.25, -0.2) is 4.98 Å². The van der Waals surface area contributed by atoms with Gasteiger partial charge in [-0.2, -0.15) is 5.26 Å². The van der Waals surface area contributed by atoms with Gasteiger partial charge in [0.2, 0.25) is 0 Å². The fraction of sp³-hybridized carbons (Fsp3) is 0.226. The zero-order valence-electron chi connectivity index (χ0n) is 21.9. The van der Waals surface area contributed by atoms with Crippen LogP contribution in [0, 0.1) is 11.3 Å². The van der Waals surface area contributed by atoms with Crippen molar-refractivity contribution in [3.8, 4) is 6.07 Å². The molecule has 0 saturated carbocycles. The van der Waals surface area contributed by atoms with Gasteiger partial charge in [0, 0.05) is 48.6 Å². The summed E-state index contributed by atoms with van der Waals surface area (Å²) in [5.41, 5.74) is 5.01. The first-order valence-electron chi connectivity index (χ1n) is 13.1. The first-order chi connectivity index (χ1) is 19.1. The van der Waals surface area contributed by atoms with Crippen LogP contribution in [-0.2, 0) is 19.6 Å². The number of thiophene rings is 1. The quantitative estimate of drug-likeness (QED) is 0.220. The number of rotatable bonds is 11. The second-order valence-corrected chi connectivity index (χ2v) is 10.6. The van der Waals surface area contributed by atoms with E-state index in [-0.39, 0.29) is 5.91 Å². The minimum Gasteiger partial charge on any atom is -0.366 e. The fourth-order valence-corrected chi connectivity index (χ4v) is 5.42. The van der Waals surface area contributed by atoms with Crippen molar-refractivity contribution in [2.75, 3.05) is 11.4 Å². The summed E-state index contributed by atoms with van der Waals surface area (Å²) >= 11 is 1.51. The third-order valence-electron chi connectivity index (χ3n) is 6.63. The maximum absolute atomic E-state index is 12.8. The van der Waals surface area contributed by atoms with Gasteiger partial charge in [0.1, 0.15) is 0 Å². The number of aromatic nitrogens is 3. The number of nitriles is 1. The molecule has 5 rings (SSSR count). The molecule has 2 aromatic carbocycles. The monoisotopic (exact) mass is 534 g/mol. The summed E-state index contributed by atoms with van der Waals surface area (Å²) in [5, 5.41) is 13.1. The summed E-state index contributed by atoms with van der Waals surface area (Å²) in [6.45, 7) is 5.00. The van der Waals surface area contributed by atoms with Crippen LogP contribution in [0.15, 0.2) is 85.6 Å². The van der Waals surface area contributed by atoms with Crippen LogP contribution < -0.4 is 10.2 Å². The van der Waals surface area contributed by atoms with E-state index < -0.39 is 0 Å². The van der Waals surface area contributed by atoms with Crippen LogP contribution in [0.5, 0.6) is 0 Å². The molecular formula is C31H30N6OS. The zero-order valence-corrected chi connectivity index (χ0v) is 22.7. The lowest BCUT2D eigenvalue weighted by Crippen LogP contribution is -2.25. The van der Waals surface area contributed by atoms with Gasteiger partial charge in [-0.15, -0.1) is 11.3 Å². The number of hydrogen-bond donors (Lipinski definition) is 1. The molecule has 0 atom stereocenters. The number of anilines is 1. The van der Waals surface area contributed by atoms with Crippen LogP contribution in [0.3, 0.4) is 0 Å². The summed E-state index contributed by atoms with van der Waals surface area (Å²) in [7, 11) is 0. The second kappa shape index (κ2) is 12.4.